The van der Waals surface area contributed by atoms with Crippen LogP contribution in [0, 0.1) is 29.6 Å². The van der Waals surface area contributed by atoms with Crippen molar-refractivity contribution in [1.29, 1.82) is 0 Å². The molecule has 15 heteroatoms. The molecule has 0 radical (unpaired) electrons. The van der Waals surface area contributed by atoms with Crippen LogP contribution in [0.5, 0.6) is 5.75 Å². The number of alkyl halides is 3. The molecule has 2 saturated carbocycles. The number of likely N-dealkylation sites (tertiary alicyclic amines) is 1. The summed E-state index contributed by atoms with van der Waals surface area (Å²) < 4.78 is 44.9. The van der Waals surface area contributed by atoms with Crippen LogP contribution in [-0.4, -0.2) is 57.1 Å². The highest BCUT2D eigenvalue weighted by molar-refractivity contribution is 8.00. The number of aliphatic carboxylic acids is 1. The number of thiazole rings is 1. The van der Waals surface area contributed by atoms with Crippen molar-refractivity contribution in [3.63, 3.8) is 0 Å². The number of anilines is 1. The summed E-state index contributed by atoms with van der Waals surface area (Å²) >= 11 is 2.62. The summed E-state index contributed by atoms with van der Waals surface area (Å²) in [5, 5.41) is 12.2. The van der Waals surface area contributed by atoms with Crippen LogP contribution in [0.15, 0.2) is 58.4 Å². The maximum atomic E-state index is 13.5. The number of carbonyl (C=O) groups is 4. The summed E-state index contributed by atoms with van der Waals surface area (Å²) in [6.45, 7) is -0.626. The molecule has 10 nitrogen and oxygen atoms in total. The van der Waals surface area contributed by atoms with Gasteiger partial charge in [-0.1, -0.05) is 29.5 Å². The Morgan fingerprint density at radius 1 is 1.04 bits per heavy atom. The monoisotopic (exact) mass is 673 g/mol. The first-order chi connectivity index (χ1) is 21.9. The highest BCUT2D eigenvalue weighted by atomic mass is 32.2. The Balaban J connectivity index is 1.13. The van der Waals surface area contributed by atoms with Gasteiger partial charge in [0.1, 0.15) is 5.75 Å². The molecule has 2 aliphatic heterocycles. The molecular weight excluding hydrogens is 647 g/mol. The van der Waals surface area contributed by atoms with Crippen LogP contribution in [0.4, 0.5) is 18.9 Å². The minimum atomic E-state index is -4.55. The number of rotatable bonds is 8. The minimum absolute atomic E-state index is 0.0196. The van der Waals surface area contributed by atoms with E-state index >= 15 is 0 Å². The number of nitrogens with zero attached hydrogens (tertiary/aromatic N) is 1. The largest absolute Gasteiger partial charge is 0.484 e. The predicted octanol–water partition coefficient (Wildman–Crippen LogP) is 4.42. The van der Waals surface area contributed by atoms with Crippen molar-refractivity contribution in [3.8, 4) is 5.75 Å². The molecule has 3 heterocycles. The van der Waals surface area contributed by atoms with Gasteiger partial charge in [0.05, 0.1) is 28.8 Å². The molecule has 3 fully saturated rings. The maximum Gasteiger partial charge on any atom is 0.416 e. The van der Waals surface area contributed by atoms with Gasteiger partial charge in [-0.05, 0) is 60.1 Å². The number of benzene rings is 2. The van der Waals surface area contributed by atoms with Crippen molar-refractivity contribution < 1.29 is 42.2 Å². The van der Waals surface area contributed by atoms with Crippen LogP contribution in [0.25, 0.3) is 0 Å². The molecule has 7 atom stereocenters. The highest BCUT2D eigenvalue weighted by Crippen LogP contribution is 2.68. The number of nitrogens with one attached hydrogen (secondary N) is 2. The van der Waals surface area contributed by atoms with Crippen LogP contribution in [0.2, 0.25) is 0 Å². The molecule has 3 N–H and O–H groups in total. The Kier molecular flexibility index (Phi) is 7.50. The van der Waals surface area contributed by atoms with Crippen LogP contribution in [0.3, 0.4) is 0 Å². The lowest BCUT2D eigenvalue weighted by Gasteiger charge is -2.43. The van der Waals surface area contributed by atoms with Gasteiger partial charge in [-0.2, -0.15) is 13.2 Å². The summed E-state index contributed by atoms with van der Waals surface area (Å²) in [6, 6.07) is 11.3. The quantitative estimate of drug-likeness (QED) is 0.298. The zero-order valence-corrected chi connectivity index (χ0v) is 25.4. The lowest BCUT2D eigenvalue weighted by molar-refractivity contribution is -0.143. The number of thioether (sulfide) groups is 1. The topological polar surface area (TPSA) is 146 Å². The Morgan fingerprint density at radius 3 is 2.52 bits per heavy atom. The third-order valence-electron chi connectivity index (χ3n) is 9.43. The Labute approximate surface area is 267 Å². The van der Waals surface area contributed by atoms with Gasteiger partial charge < -0.3 is 20.1 Å². The first-order valence-corrected chi connectivity index (χ1v) is 16.3. The Bertz CT molecular complexity index is 1820. The molecule has 2 aliphatic carbocycles. The second kappa shape index (κ2) is 11.3. The first kappa shape index (κ1) is 30.5. The smallest absolute Gasteiger partial charge is 0.416 e. The molecule has 46 heavy (non-hydrogen) atoms. The molecule has 240 valence electrons. The van der Waals surface area contributed by atoms with Crippen LogP contribution in [-0.2, 0) is 25.4 Å². The molecule has 2 aromatic carbocycles. The second-order valence-electron chi connectivity index (χ2n) is 11.9. The minimum Gasteiger partial charge on any atom is -0.484 e. The van der Waals surface area contributed by atoms with E-state index in [4.69, 9.17) is 9.84 Å². The predicted molar refractivity (Wildman–Crippen MR) is 159 cm³/mol. The van der Waals surface area contributed by atoms with E-state index in [0.717, 1.165) is 43.8 Å². The van der Waals surface area contributed by atoms with Gasteiger partial charge in [-0.15, -0.1) is 11.8 Å². The van der Waals surface area contributed by atoms with Gasteiger partial charge in [0.2, 0.25) is 11.8 Å². The fraction of sp³-hybridized carbons (Fsp3) is 0.387. The van der Waals surface area contributed by atoms with E-state index in [-0.39, 0.29) is 64.3 Å². The molecule has 6 unspecified atom stereocenters. The summed E-state index contributed by atoms with van der Waals surface area (Å²) in [6.07, 6.45) is -4.20. The number of amides is 3. The number of aromatic amines is 1. The fourth-order valence-electron chi connectivity index (χ4n) is 7.80. The first-order valence-electron chi connectivity index (χ1n) is 14.6. The second-order valence-corrected chi connectivity index (χ2v) is 14.1. The third-order valence-corrected chi connectivity index (χ3v) is 12.0. The van der Waals surface area contributed by atoms with E-state index in [1.54, 1.807) is 18.2 Å². The third kappa shape index (κ3) is 5.18. The summed E-state index contributed by atoms with van der Waals surface area (Å²) in [5.41, 5.74) is -0.113. The van der Waals surface area contributed by atoms with Crippen molar-refractivity contribution in [2.75, 3.05) is 18.5 Å². The number of ether oxygens (including phenoxy) is 1. The van der Waals surface area contributed by atoms with E-state index in [2.05, 4.69) is 10.3 Å². The Morgan fingerprint density at radius 2 is 1.78 bits per heavy atom. The summed E-state index contributed by atoms with van der Waals surface area (Å²) in [5.74, 6) is -3.79. The van der Waals surface area contributed by atoms with E-state index < -0.39 is 42.1 Å². The molecule has 3 amide bonds. The van der Waals surface area contributed by atoms with Gasteiger partial charge >= 0.3 is 17.0 Å². The average molecular weight is 674 g/mol. The van der Waals surface area contributed by atoms with E-state index in [9.17, 15) is 37.1 Å². The number of halogens is 3. The number of aromatic nitrogens is 1. The van der Waals surface area contributed by atoms with Gasteiger partial charge in [0.15, 0.2) is 6.61 Å². The molecule has 0 spiro atoms. The number of hydrogen-bond acceptors (Lipinski definition) is 8. The molecule has 7 rings (SSSR count). The number of imide groups is 1. The number of carbonyl (C=O) groups excluding carboxylic acids is 3. The molecule has 3 aromatic rings. The van der Waals surface area contributed by atoms with Crippen LogP contribution in [0.1, 0.15) is 34.8 Å². The number of H-pyrrole nitrogens is 1. The Hall–Kier alpha value is -4.11. The fourth-order valence-corrected chi connectivity index (χ4v) is 10.7. The molecule has 1 aromatic heterocycles. The highest BCUT2D eigenvalue weighted by Gasteiger charge is 2.69. The maximum absolute atomic E-state index is 13.5. The zero-order chi connectivity index (χ0) is 32.5. The number of fused-ring (bicyclic) bond motifs is 9. The van der Waals surface area contributed by atoms with Crippen LogP contribution < -0.4 is 14.9 Å². The van der Waals surface area contributed by atoms with Crippen molar-refractivity contribution >= 4 is 52.5 Å². The lowest BCUT2D eigenvalue weighted by Crippen LogP contribution is -2.42. The van der Waals surface area contributed by atoms with Crippen molar-refractivity contribution in [3.05, 3.63) is 74.2 Å². The number of hydrogen-bond donors (Lipinski definition) is 3. The summed E-state index contributed by atoms with van der Waals surface area (Å²) in [7, 11) is 0. The van der Waals surface area contributed by atoms with Crippen molar-refractivity contribution in [1.82, 2.24) is 9.88 Å². The molecule has 4 aliphatic rings. The normalized spacial score (nSPS) is 27.7. The van der Waals surface area contributed by atoms with Crippen molar-refractivity contribution in [2.45, 2.75) is 35.2 Å². The van der Waals surface area contributed by atoms with Gasteiger partial charge in [-0.25, -0.2) is 0 Å². The van der Waals surface area contributed by atoms with Crippen molar-refractivity contribution in [2.24, 2.45) is 29.6 Å². The number of carboxylic acid groups (broad SMARTS) is 1. The molecule has 1 saturated heterocycles. The molecular formula is C31H26F3N3O7S2. The van der Waals surface area contributed by atoms with Gasteiger partial charge in [0, 0.05) is 28.3 Å². The van der Waals surface area contributed by atoms with E-state index in [1.165, 1.54) is 23.9 Å². The van der Waals surface area contributed by atoms with Crippen LogP contribution >= 0.6 is 23.1 Å². The lowest BCUT2D eigenvalue weighted by atomic mass is 9.68. The van der Waals surface area contributed by atoms with Gasteiger partial charge in [-0.3, -0.25) is 28.9 Å². The van der Waals surface area contributed by atoms with Gasteiger partial charge in [0.25, 0.3) is 5.91 Å². The zero-order valence-electron chi connectivity index (χ0n) is 23.8. The molecule has 2 bridgehead atoms. The number of carboxylic acids is 1. The standard InChI is InChI=1S/C31H26F3N3O7S2/c32-31(33,34)14-4-2-5-15(10-14)35-19(38)12-44-16-6-1-3-13(9-16)21-22-17-11-18(25(22)45-27-26(21)46-30(43)36-27)24-23(17)28(41)37(29(24)42)8-7-20(39)40/h1-6,9-10,17-18,21-25H,7-8,11-12H2,(H,35,38)(H,36,43)(H,39,40)/t17?,18?,21-,22?,23?,24?,25?/m1/s1. The average Bonchev–Trinajstić information content (AvgIpc) is 3.74. The summed E-state index contributed by atoms with van der Waals surface area (Å²) in [4.78, 5) is 67.8. The van der Waals surface area contributed by atoms with E-state index in [1.807, 2.05) is 6.07 Å². The SMILES string of the molecule is O=C(O)CCN1C(=O)C2C3CC(C2C1=O)C1C3Sc2[nH]c(=O)sc2[C@@H]1c1cccc(OCC(=O)Nc2cccc(C(F)(F)F)c2)c1. The van der Waals surface area contributed by atoms with E-state index in [0.29, 0.717) is 12.2 Å².